The lowest BCUT2D eigenvalue weighted by Crippen LogP contribution is -2.43. The Morgan fingerprint density at radius 3 is 2.62 bits per heavy atom. The standard InChI is InChI=1S/C22H22ClN3O6/c1-2-31-19(28)12-25-21(29)20-17(27)9-10-26(22(20)30)13-14-3-8-18(24-11-14)32-16-6-4-15(23)5-7-16/h3-8,11,27H,2,9-10,12-13H2,1H3,(H,25,29). The molecule has 1 aromatic heterocycles. The number of rotatable bonds is 8. The van der Waals surface area contributed by atoms with E-state index in [2.05, 4.69) is 10.3 Å². The molecule has 9 nitrogen and oxygen atoms in total. The quantitative estimate of drug-likeness (QED) is 0.460. The number of esters is 1. The van der Waals surface area contributed by atoms with E-state index in [1.165, 1.54) is 4.90 Å². The van der Waals surface area contributed by atoms with Gasteiger partial charge < -0.3 is 24.8 Å². The van der Waals surface area contributed by atoms with Gasteiger partial charge in [-0.1, -0.05) is 17.7 Å². The molecule has 1 aromatic carbocycles. The SMILES string of the molecule is CCOC(=O)CNC(=O)C1=C(O)CCN(Cc2ccc(Oc3ccc(Cl)cc3)nc2)C1=O. The predicted molar refractivity (Wildman–Crippen MR) is 115 cm³/mol. The molecule has 1 aliphatic rings. The smallest absolute Gasteiger partial charge is 0.325 e. The van der Waals surface area contributed by atoms with E-state index < -0.39 is 24.3 Å². The molecule has 10 heteroatoms. The molecule has 2 aromatic rings. The molecule has 2 amide bonds. The second-order valence-electron chi connectivity index (χ2n) is 6.85. The summed E-state index contributed by atoms with van der Waals surface area (Å²) in [5.74, 6) is -1.44. The van der Waals surface area contributed by atoms with Gasteiger partial charge in [0.1, 0.15) is 23.6 Å². The minimum absolute atomic E-state index is 0.124. The van der Waals surface area contributed by atoms with E-state index in [0.29, 0.717) is 16.7 Å². The molecule has 1 aliphatic heterocycles. The van der Waals surface area contributed by atoms with Crippen LogP contribution in [0.4, 0.5) is 0 Å². The van der Waals surface area contributed by atoms with E-state index in [9.17, 15) is 19.5 Å². The zero-order chi connectivity index (χ0) is 23.1. The van der Waals surface area contributed by atoms with Crippen molar-refractivity contribution >= 4 is 29.4 Å². The molecule has 32 heavy (non-hydrogen) atoms. The molecule has 3 rings (SSSR count). The lowest BCUT2D eigenvalue weighted by Gasteiger charge is -2.28. The zero-order valence-corrected chi connectivity index (χ0v) is 18.1. The average Bonchev–Trinajstić information content (AvgIpc) is 2.77. The largest absolute Gasteiger partial charge is 0.511 e. The van der Waals surface area contributed by atoms with Gasteiger partial charge >= 0.3 is 5.97 Å². The number of pyridine rings is 1. The fraction of sp³-hybridized carbons (Fsp3) is 0.273. The molecule has 0 fully saturated rings. The Bertz CT molecular complexity index is 1020. The molecule has 0 unspecified atom stereocenters. The molecule has 0 saturated carbocycles. The van der Waals surface area contributed by atoms with Crippen LogP contribution in [0.1, 0.15) is 18.9 Å². The summed E-state index contributed by atoms with van der Waals surface area (Å²) in [7, 11) is 0. The number of benzene rings is 1. The topological polar surface area (TPSA) is 118 Å². The Morgan fingerprint density at radius 1 is 1.22 bits per heavy atom. The highest BCUT2D eigenvalue weighted by Gasteiger charge is 2.32. The van der Waals surface area contributed by atoms with Gasteiger partial charge in [-0.15, -0.1) is 0 Å². The zero-order valence-electron chi connectivity index (χ0n) is 17.3. The van der Waals surface area contributed by atoms with Crippen LogP contribution in [-0.4, -0.2) is 52.5 Å². The summed E-state index contributed by atoms with van der Waals surface area (Å²) in [4.78, 5) is 42.2. The Balaban J connectivity index is 1.61. The highest BCUT2D eigenvalue weighted by Crippen LogP contribution is 2.23. The van der Waals surface area contributed by atoms with Crippen molar-refractivity contribution in [2.45, 2.75) is 19.9 Å². The van der Waals surface area contributed by atoms with Gasteiger partial charge in [-0.2, -0.15) is 0 Å². The highest BCUT2D eigenvalue weighted by atomic mass is 35.5. The molecular formula is C22H22ClN3O6. The Kier molecular flexibility index (Phi) is 7.67. The maximum absolute atomic E-state index is 12.8. The van der Waals surface area contributed by atoms with Crippen LogP contribution in [0, 0.1) is 0 Å². The summed E-state index contributed by atoms with van der Waals surface area (Å²) in [5, 5.41) is 13.0. The minimum atomic E-state index is -0.824. The number of halogens is 1. The van der Waals surface area contributed by atoms with Crippen LogP contribution in [0.5, 0.6) is 11.6 Å². The summed E-state index contributed by atoms with van der Waals surface area (Å²) in [6, 6.07) is 10.3. The average molecular weight is 460 g/mol. The van der Waals surface area contributed by atoms with E-state index in [1.54, 1.807) is 49.5 Å². The van der Waals surface area contributed by atoms with Crippen molar-refractivity contribution in [3.63, 3.8) is 0 Å². The number of aromatic nitrogens is 1. The Morgan fingerprint density at radius 2 is 1.97 bits per heavy atom. The van der Waals surface area contributed by atoms with Gasteiger partial charge in [0.2, 0.25) is 5.88 Å². The highest BCUT2D eigenvalue weighted by molar-refractivity contribution is 6.30. The van der Waals surface area contributed by atoms with Crippen molar-refractivity contribution in [3.8, 4) is 11.6 Å². The third-order valence-electron chi connectivity index (χ3n) is 4.54. The van der Waals surface area contributed by atoms with E-state index in [-0.39, 0.29) is 37.4 Å². The molecule has 0 aliphatic carbocycles. The van der Waals surface area contributed by atoms with Gasteiger partial charge in [0.15, 0.2) is 0 Å². The van der Waals surface area contributed by atoms with Gasteiger partial charge in [0, 0.05) is 36.8 Å². The monoisotopic (exact) mass is 459 g/mol. The molecule has 0 atom stereocenters. The van der Waals surface area contributed by atoms with E-state index in [4.69, 9.17) is 21.1 Å². The first kappa shape index (κ1) is 23.1. The van der Waals surface area contributed by atoms with Gasteiger partial charge in [-0.3, -0.25) is 14.4 Å². The van der Waals surface area contributed by atoms with Crippen LogP contribution in [0.15, 0.2) is 53.9 Å². The van der Waals surface area contributed by atoms with Crippen LogP contribution < -0.4 is 10.1 Å². The third-order valence-corrected chi connectivity index (χ3v) is 4.79. The van der Waals surface area contributed by atoms with Crippen LogP contribution in [0.25, 0.3) is 0 Å². The van der Waals surface area contributed by atoms with Crippen molar-refractivity contribution < 1.29 is 29.0 Å². The van der Waals surface area contributed by atoms with Crippen molar-refractivity contribution in [2.24, 2.45) is 0 Å². The normalized spacial score (nSPS) is 13.7. The first-order valence-electron chi connectivity index (χ1n) is 9.91. The molecule has 2 N–H and O–H groups in total. The number of nitrogens with one attached hydrogen (secondary N) is 1. The van der Waals surface area contributed by atoms with Crippen molar-refractivity contribution in [1.29, 1.82) is 0 Å². The number of amides is 2. The number of aliphatic hydroxyl groups is 1. The molecule has 0 bridgehead atoms. The summed E-state index contributed by atoms with van der Waals surface area (Å²) < 4.78 is 10.4. The van der Waals surface area contributed by atoms with Gasteiger partial charge in [0.25, 0.3) is 11.8 Å². The summed E-state index contributed by atoms with van der Waals surface area (Å²) in [6.07, 6.45) is 1.69. The van der Waals surface area contributed by atoms with E-state index in [0.717, 1.165) is 5.56 Å². The number of hydrogen-bond acceptors (Lipinski definition) is 7. The van der Waals surface area contributed by atoms with Crippen LogP contribution in [-0.2, 0) is 25.7 Å². The Hall–Kier alpha value is -3.59. The third kappa shape index (κ3) is 5.98. The number of carbonyl (C=O) groups excluding carboxylic acids is 3. The number of ether oxygens (including phenoxy) is 2. The van der Waals surface area contributed by atoms with Gasteiger partial charge in [-0.25, -0.2) is 4.98 Å². The first-order valence-corrected chi connectivity index (χ1v) is 10.3. The fourth-order valence-corrected chi connectivity index (χ4v) is 3.12. The second kappa shape index (κ2) is 10.6. The molecule has 168 valence electrons. The fourth-order valence-electron chi connectivity index (χ4n) is 2.99. The Labute approximate surface area is 189 Å². The van der Waals surface area contributed by atoms with Crippen molar-refractivity contribution in [1.82, 2.24) is 15.2 Å². The number of hydrogen-bond donors (Lipinski definition) is 2. The molecular weight excluding hydrogens is 438 g/mol. The van der Waals surface area contributed by atoms with Crippen molar-refractivity contribution in [3.05, 3.63) is 64.5 Å². The lowest BCUT2D eigenvalue weighted by atomic mass is 10.1. The van der Waals surface area contributed by atoms with E-state index >= 15 is 0 Å². The summed E-state index contributed by atoms with van der Waals surface area (Å²) in [6.45, 7) is 1.85. The predicted octanol–water partition coefficient (Wildman–Crippen LogP) is 2.75. The van der Waals surface area contributed by atoms with Crippen LogP contribution in [0.2, 0.25) is 5.02 Å². The van der Waals surface area contributed by atoms with Crippen LogP contribution in [0.3, 0.4) is 0 Å². The lowest BCUT2D eigenvalue weighted by molar-refractivity contribution is -0.143. The van der Waals surface area contributed by atoms with Gasteiger partial charge in [0.05, 0.1) is 6.61 Å². The number of nitrogens with zero attached hydrogens (tertiary/aromatic N) is 2. The molecule has 2 heterocycles. The number of carbonyl (C=O) groups is 3. The molecule has 0 radical (unpaired) electrons. The van der Waals surface area contributed by atoms with Gasteiger partial charge in [-0.05, 0) is 36.8 Å². The van der Waals surface area contributed by atoms with Crippen LogP contribution >= 0.6 is 11.6 Å². The maximum atomic E-state index is 12.8. The molecule has 0 saturated heterocycles. The summed E-state index contributed by atoms with van der Waals surface area (Å²) in [5.41, 5.74) is 0.339. The maximum Gasteiger partial charge on any atom is 0.325 e. The summed E-state index contributed by atoms with van der Waals surface area (Å²) >= 11 is 5.85. The second-order valence-corrected chi connectivity index (χ2v) is 7.28. The minimum Gasteiger partial charge on any atom is -0.511 e. The first-order chi connectivity index (χ1) is 15.4. The van der Waals surface area contributed by atoms with Crippen molar-refractivity contribution in [2.75, 3.05) is 19.7 Å². The van der Waals surface area contributed by atoms with E-state index in [1.807, 2.05) is 0 Å². The number of aliphatic hydroxyl groups excluding tert-OH is 1. The molecule has 0 spiro atoms.